The SMILES string of the molecule is CC(C)C(N)CCN(C)Cc1ccoc1. The van der Waals surface area contributed by atoms with E-state index in [9.17, 15) is 0 Å². The summed E-state index contributed by atoms with van der Waals surface area (Å²) >= 11 is 0. The van der Waals surface area contributed by atoms with Crippen LogP contribution in [0.2, 0.25) is 0 Å². The standard InChI is InChI=1S/C12H22N2O/c1-10(2)12(13)4-6-14(3)8-11-5-7-15-9-11/h5,7,9-10,12H,4,6,8,13H2,1-3H3. The fourth-order valence-corrected chi connectivity index (χ4v) is 1.48. The van der Waals surface area contributed by atoms with Crippen molar-refractivity contribution in [2.75, 3.05) is 13.6 Å². The van der Waals surface area contributed by atoms with Gasteiger partial charge in [-0.1, -0.05) is 13.8 Å². The summed E-state index contributed by atoms with van der Waals surface area (Å²) in [6, 6.07) is 2.30. The molecule has 1 unspecified atom stereocenters. The van der Waals surface area contributed by atoms with Gasteiger partial charge in [0.25, 0.3) is 0 Å². The Bertz CT molecular complexity index is 257. The summed E-state index contributed by atoms with van der Waals surface area (Å²) in [6.07, 6.45) is 4.55. The lowest BCUT2D eigenvalue weighted by atomic mass is 10.0. The van der Waals surface area contributed by atoms with Crippen molar-refractivity contribution in [3.05, 3.63) is 24.2 Å². The molecular formula is C12H22N2O. The van der Waals surface area contributed by atoms with E-state index in [1.165, 1.54) is 5.56 Å². The van der Waals surface area contributed by atoms with Crippen LogP contribution < -0.4 is 5.73 Å². The van der Waals surface area contributed by atoms with Gasteiger partial charge in [-0.2, -0.15) is 0 Å². The molecule has 1 atom stereocenters. The first-order valence-electron chi connectivity index (χ1n) is 5.54. The molecule has 1 aromatic rings. The van der Waals surface area contributed by atoms with Crippen LogP contribution in [0.4, 0.5) is 0 Å². The lowest BCUT2D eigenvalue weighted by Crippen LogP contribution is -2.31. The maximum absolute atomic E-state index is 5.99. The zero-order valence-corrected chi connectivity index (χ0v) is 9.94. The summed E-state index contributed by atoms with van der Waals surface area (Å²) < 4.78 is 5.03. The summed E-state index contributed by atoms with van der Waals surface area (Å²) in [7, 11) is 2.11. The first-order chi connectivity index (χ1) is 7.09. The zero-order chi connectivity index (χ0) is 11.3. The smallest absolute Gasteiger partial charge is 0.0947 e. The maximum atomic E-state index is 5.99. The Hall–Kier alpha value is -0.800. The molecule has 0 radical (unpaired) electrons. The molecule has 0 saturated carbocycles. The van der Waals surface area contributed by atoms with Crippen LogP contribution in [0.25, 0.3) is 0 Å². The molecule has 3 heteroatoms. The largest absolute Gasteiger partial charge is 0.472 e. The molecule has 86 valence electrons. The van der Waals surface area contributed by atoms with E-state index in [0.29, 0.717) is 12.0 Å². The highest BCUT2D eigenvalue weighted by Crippen LogP contribution is 2.07. The van der Waals surface area contributed by atoms with Crippen molar-refractivity contribution in [1.82, 2.24) is 4.90 Å². The second-order valence-electron chi connectivity index (χ2n) is 4.57. The van der Waals surface area contributed by atoms with Gasteiger partial charge in [0.05, 0.1) is 12.5 Å². The summed E-state index contributed by atoms with van der Waals surface area (Å²) in [5, 5.41) is 0. The van der Waals surface area contributed by atoms with Gasteiger partial charge in [-0.25, -0.2) is 0 Å². The van der Waals surface area contributed by atoms with E-state index in [4.69, 9.17) is 10.2 Å². The third-order valence-corrected chi connectivity index (χ3v) is 2.73. The van der Waals surface area contributed by atoms with E-state index >= 15 is 0 Å². The number of rotatable bonds is 6. The van der Waals surface area contributed by atoms with Crippen LogP contribution in [-0.4, -0.2) is 24.5 Å². The van der Waals surface area contributed by atoms with Crippen molar-refractivity contribution in [1.29, 1.82) is 0 Å². The number of nitrogens with two attached hydrogens (primary N) is 1. The Morgan fingerprint density at radius 3 is 2.73 bits per heavy atom. The van der Waals surface area contributed by atoms with Crippen LogP contribution in [0.15, 0.2) is 23.0 Å². The topological polar surface area (TPSA) is 42.4 Å². The Kier molecular flexibility index (Phi) is 4.85. The van der Waals surface area contributed by atoms with E-state index in [1.54, 1.807) is 12.5 Å². The lowest BCUT2D eigenvalue weighted by molar-refractivity contribution is 0.295. The quantitative estimate of drug-likeness (QED) is 0.781. The molecule has 0 aromatic carbocycles. The minimum atomic E-state index is 0.303. The van der Waals surface area contributed by atoms with Crippen LogP contribution in [0, 0.1) is 5.92 Å². The molecule has 0 amide bonds. The molecule has 1 rings (SSSR count). The van der Waals surface area contributed by atoms with Crippen LogP contribution >= 0.6 is 0 Å². The van der Waals surface area contributed by atoms with E-state index in [1.807, 2.05) is 6.07 Å². The zero-order valence-electron chi connectivity index (χ0n) is 9.94. The molecule has 3 nitrogen and oxygen atoms in total. The van der Waals surface area contributed by atoms with Gasteiger partial charge in [0.15, 0.2) is 0 Å². The summed E-state index contributed by atoms with van der Waals surface area (Å²) in [4.78, 5) is 2.27. The third-order valence-electron chi connectivity index (χ3n) is 2.73. The van der Waals surface area contributed by atoms with Crippen LogP contribution in [-0.2, 0) is 6.54 Å². The maximum Gasteiger partial charge on any atom is 0.0947 e. The third kappa shape index (κ3) is 4.49. The molecular weight excluding hydrogens is 188 g/mol. The highest BCUT2D eigenvalue weighted by molar-refractivity contribution is 5.04. The van der Waals surface area contributed by atoms with Crippen molar-refractivity contribution in [2.45, 2.75) is 32.9 Å². The van der Waals surface area contributed by atoms with Crippen LogP contribution in [0.3, 0.4) is 0 Å². The van der Waals surface area contributed by atoms with Crippen molar-refractivity contribution < 1.29 is 4.42 Å². The van der Waals surface area contributed by atoms with Crippen LogP contribution in [0.5, 0.6) is 0 Å². The molecule has 0 aliphatic heterocycles. The fraction of sp³-hybridized carbons (Fsp3) is 0.667. The fourth-order valence-electron chi connectivity index (χ4n) is 1.48. The Morgan fingerprint density at radius 2 is 2.20 bits per heavy atom. The minimum absolute atomic E-state index is 0.303. The van der Waals surface area contributed by atoms with Gasteiger partial charge >= 0.3 is 0 Å². The predicted octanol–water partition coefficient (Wildman–Crippen LogP) is 2.08. The number of hydrogen-bond acceptors (Lipinski definition) is 3. The van der Waals surface area contributed by atoms with Gasteiger partial charge in [0.1, 0.15) is 0 Å². The van der Waals surface area contributed by atoms with Gasteiger partial charge in [0, 0.05) is 18.2 Å². The van der Waals surface area contributed by atoms with Crippen molar-refractivity contribution >= 4 is 0 Å². The average molecular weight is 210 g/mol. The van der Waals surface area contributed by atoms with Gasteiger partial charge < -0.3 is 15.1 Å². The van der Waals surface area contributed by atoms with E-state index in [-0.39, 0.29) is 0 Å². The Morgan fingerprint density at radius 1 is 1.47 bits per heavy atom. The van der Waals surface area contributed by atoms with E-state index < -0.39 is 0 Å². The van der Waals surface area contributed by atoms with Gasteiger partial charge in [0.2, 0.25) is 0 Å². The van der Waals surface area contributed by atoms with Gasteiger partial charge in [-0.15, -0.1) is 0 Å². The molecule has 2 N–H and O–H groups in total. The summed E-state index contributed by atoms with van der Waals surface area (Å²) in [5.41, 5.74) is 7.21. The molecule has 0 spiro atoms. The van der Waals surface area contributed by atoms with Crippen molar-refractivity contribution in [3.8, 4) is 0 Å². The first-order valence-corrected chi connectivity index (χ1v) is 5.54. The lowest BCUT2D eigenvalue weighted by Gasteiger charge is -2.20. The molecule has 0 fully saturated rings. The van der Waals surface area contributed by atoms with Gasteiger partial charge in [-0.05, 0) is 32.0 Å². The molecule has 0 saturated heterocycles. The highest BCUT2D eigenvalue weighted by atomic mass is 16.3. The van der Waals surface area contributed by atoms with Gasteiger partial charge in [-0.3, -0.25) is 0 Å². The Balaban J connectivity index is 2.22. The summed E-state index contributed by atoms with van der Waals surface area (Å²) in [5.74, 6) is 0.562. The second-order valence-corrected chi connectivity index (χ2v) is 4.57. The first kappa shape index (κ1) is 12.3. The molecule has 1 heterocycles. The number of furan rings is 1. The van der Waals surface area contributed by atoms with Crippen molar-refractivity contribution in [2.24, 2.45) is 11.7 Å². The molecule has 0 bridgehead atoms. The average Bonchev–Trinajstić information content (AvgIpc) is 2.66. The second kappa shape index (κ2) is 5.93. The molecule has 1 aromatic heterocycles. The van der Waals surface area contributed by atoms with E-state index in [2.05, 4.69) is 25.8 Å². The van der Waals surface area contributed by atoms with E-state index in [0.717, 1.165) is 19.5 Å². The monoisotopic (exact) mass is 210 g/mol. The Labute approximate surface area is 92.2 Å². The molecule has 0 aliphatic carbocycles. The molecule has 15 heavy (non-hydrogen) atoms. The predicted molar refractivity (Wildman–Crippen MR) is 62.5 cm³/mol. The normalized spacial score (nSPS) is 13.7. The van der Waals surface area contributed by atoms with Crippen molar-refractivity contribution in [3.63, 3.8) is 0 Å². The molecule has 0 aliphatic rings. The van der Waals surface area contributed by atoms with Crippen LogP contribution in [0.1, 0.15) is 25.8 Å². The highest BCUT2D eigenvalue weighted by Gasteiger charge is 2.09. The number of nitrogens with zero attached hydrogens (tertiary/aromatic N) is 1. The summed E-state index contributed by atoms with van der Waals surface area (Å²) in [6.45, 7) is 6.30. The number of hydrogen-bond donors (Lipinski definition) is 1. The minimum Gasteiger partial charge on any atom is -0.472 e.